The summed E-state index contributed by atoms with van der Waals surface area (Å²) >= 11 is 1.29. The van der Waals surface area contributed by atoms with E-state index in [9.17, 15) is 9.59 Å². The quantitative estimate of drug-likeness (QED) is 0.897. The summed E-state index contributed by atoms with van der Waals surface area (Å²) < 4.78 is 5.17. The molecule has 0 saturated heterocycles. The minimum absolute atomic E-state index is 0.325. The van der Waals surface area contributed by atoms with E-state index in [1.807, 2.05) is 0 Å². The maximum absolute atomic E-state index is 12.2. The zero-order valence-electron chi connectivity index (χ0n) is 13.3. The Kier molecular flexibility index (Phi) is 4.95. The number of amides is 2. The highest BCUT2D eigenvalue weighted by Gasteiger charge is 2.17. The number of nitrogens with one attached hydrogen (secondary N) is 2. The standard InChI is InChI=1S/C15H18N4O3S/c1-9-18-19-13(23-9)17-12(20)10-6-5-7-11(8-10)16-14(21)22-15(2,3)4/h5-8H,1-4H3,(H,16,21)(H,17,19,20). The molecule has 2 rings (SSSR count). The van der Waals surface area contributed by atoms with Crippen molar-refractivity contribution in [2.24, 2.45) is 0 Å². The van der Waals surface area contributed by atoms with Crippen LogP contribution in [0.5, 0.6) is 0 Å². The van der Waals surface area contributed by atoms with E-state index < -0.39 is 11.7 Å². The number of carbonyl (C=O) groups is 2. The number of hydrogen-bond acceptors (Lipinski definition) is 6. The summed E-state index contributed by atoms with van der Waals surface area (Å²) in [6, 6.07) is 6.55. The number of ether oxygens (including phenoxy) is 1. The van der Waals surface area contributed by atoms with Gasteiger partial charge in [-0.25, -0.2) is 4.79 Å². The zero-order chi connectivity index (χ0) is 17.0. The average molecular weight is 334 g/mol. The van der Waals surface area contributed by atoms with Gasteiger partial charge in [-0.1, -0.05) is 17.4 Å². The van der Waals surface area contributed by atoms with Crippen LogP contribution < -0.4 is 10.6 Å². The van der Waals surface area contributed by atoms with Gasteiger partial charge < -0.3 is 4.74 Å². The van der Waals surface area contributed by atoms with Gasteiger partial charge in [0.1, 0.15) is 10.6 Å². The largest absolute Gasteiger partial charge is 0.444 e. The normalized spacial score (nSPS) is 11.0. The second-order valence-electron chi connectivity index (χ2n) is 5.79. The third-order valence-electron chi connectivity index (χ3n) is 2.52. The van der Waals surface area contributed by atoms with E-state index in [0.29, 0.717) is 16.4 Å². The molecule has 1 aromatic carbocycles. The van der Waals surface area contributed by atoms with Crippen molar-refractivity contribution >= 4 is 34.2 Å². The Labute approximate surface area is 138 Å². The van der Waals surface area contributed by atoms with Crippen LogP contribution in [0.2, 0.25) is 0 Å². The summed E-state index contributed by atoms with van der Waals surface area (Å²) in [6.07, 6.45) is -0.574. The third kappa shape index (κ3) is 5.33. The van der Waals surface area contributed by atoms with Crippen molar-refractivity contribution in [2.75, 3.05) is 10.6 Å². The molecule has 0 atom stereocenters. The predicted octanol–water partition coefficient (Wildman–Crippen LogP) is 3.45. The molecule has 1 heterocycles. The number of rotatable bonds is 3. The lowest BCUT2D eigenvalue weighted by Gasteiger charge is -2.19. The Bertz CT molecular complexity index is 722. The molecule has 0 spiro atoms. The second kappa shape index (κ2) is 6.74. The van der Waals surface area contributed by atoms with Crippen molar-refractivity contribution in [3.63, 3.8) is 0 Å². The molecule has 0 bridgehead atoms. The topological polar surface area (TPSA) is 93.2 Å². The smallest absolute Gasteiger partial charge is 0.412 e. The van der Waals surface area contributed by atoms with Crippen LogP contribution >= 0.6 is 11.3 Å². The number of carbonyl (C=O) groups excluding carboxylic acids is 2. The van der Waals surface area contributed by atoms with Crippen molar-refractivity contribution in [1.82, 2.24) is 10.2 Å². The minimum atomic E-state index is -0.589. The molecule has 7 nitrogen and oxygen atoms in total. The number of hydrogen-bond donors (Lipinski definition) is 2. The van der Waals surface area contributed by atoms with Gasteiger partial charge in [0.25, 0.3) is 5.91 Å². The van der Waals surface area contributed by atoms with Crippen molar-refractivity contribution in [3.05, 3.63) is 34.8 Å². The SMILES string of the molecule is Cc1nnc(NC(=O)c2cccc(NC(=O)OC(C)(C)C)c2)s1. The van der Waals surface area contributed by atoms with E-state index in [2.05, 4.69) is 20.8 Å². The molecular formula is C15H18N4O3S. The minimum Gasteiger partial charge on any atom is -0.444 e. The molecule has 0 aliphatic rings. The fraction of sp³-hybridized carbons (Fsp3) is 0.333. The molecule has 0 radical (unpaired) electrons. The second-order valence-corrected chi connectivity index (χ2v) is 6.97. The van der Waals surface area contributed by atoms with E-state index in [0.717, 1.165) is 5.01 Å². The first kappa shape index (κ1) is 16.9. The number of anilines is 2. The zero-order valence-corrected chi connectivity index (χ0v) is 14.2. The monoisotopic (exact) mass is 334 g/mol. The summed E-state index contributed by atoms with van der Waals surface area (Å²) in [5.41, 5.74) is 0.279. The first-order valence-corrected chi connectivity index (χ1v) is 7.76. The summed E-state index contributed by atoms with van der Waals surface area (Å²) in [5, 5.41) is 14.1. The lowest BCUT2D eigenvalue weighted by Crippen LogP contribution is -2.27. The molecule has 2 N–H and O–H groups in total. The van der Waals surface area contributed by atoms with Gasteiger partial charge in [-0.2, -0.15) is 0 Å². The van der Waals surface area contributed by atoms with Gasteiger partial charge in [-0.05, 0) is 45.9 Å². The van der Waals surface area contributed by atoms with Crippen LogP contribution in [-0.4, -0.2) is 27.8 Å². The molecule has 2 aromatic rings. The van der Waals surface area contributed by atoms with E-state index in [1.165, 1.54) is 11.3 Å². The number of aryl methyl sites for hydroxylation is 1. The predicted molar refractivity (Wildman–Crippen MR) is 88.9 cm³/mol. The molecule has 8 heteroatoms. The summed E-state index contributed by atoms with van der Waals surface area (Å²) in [6.45, 7) is 7.14. The van der Waals surface area contributed by atoms with Crippen molar-refractivity contribution in [1.29, 1.82) is 0 Å². The van der Waals surface area contributed by atoms with Gasteiger partial charge in [0.2, 0.25) is 5.13 Å². The van der Waals surface area contributed by atoms with Crippen molar-refractivity contribution in [2.45, 2.75) is 33.3 Å². The molecule has 1 aromatic heterocycles. The molecule has 0 aliphatic heterocycles. The van der Waals surface area contributed by atoms with Crippen molar-refractivity contribution < 1.29 is 14.3 Å². The summed E-state index contributed by atoms with van der Waals surface area (Å²) in [5.74, 6) is -0.325. The molecule has 122 valence electrons. The van der Waals surface area contributed by atoms with E-state index in [4.69, 9.17) is 4.74 Å². The van der Waals surface area contributed by atoms with Crippen LogP contribution in [0.15, 0.2) is 24.3 Å². The molecule has 0 fully saturated rings. The van der Waals surface area contributed by atoms with Crippen LogP contribution in [0.25, 0.3) is 0 Å². The van der Waals surface area contributed by atoms with Gasteiger partial charge in [-0.3, -0.25) is 15.4 Å². The van der Waals surface area contributed by atoms with Crippen LogP contribution in [0.3, 0.4) is 0 Å². The molecule has 0 aliphatic carbocycles. The lowest BCUT2D eigenvalue weighted by atomic mass is 10.2. The van der Waals surface area contributed by atoms with Crippen LogP contribution in [-0.2, 0) is 4.74 Å². The fourth-order valence-electron chi connectivity index (χ4n) is 1.68. The maximum Gasteiger partial charge on any atom is 0.412 e. The fourth-order valence-corrected chi connectivity index (χ4v) is 2.26. The maximum atomic E-state index is 12.2. The highest BCUT2D eigenvalue weighted by molar-refractivity contribution is 7.15. The number of benzene rings is 1. The van der Waals surface area contributed by atoms with E-state index in [1.54, 1.807) is 52.0 Å². The summed E-state index contributed by atoms with van der Waals surface area (Å²) in [7, 11) is 0. The Morgan fingerprint density at radius 3 is 2.52 bits per heavy atom. The van der Waals surface area contributed by atoms with Crippen LogP contribution in [0, 0.1) is 6.92 Å². The van der Waals surface area contributed by atoms with Gasteiger partial charge in [0, 0.05) is 11.3 Å². The van der Waals surface area contributed by atoms with Crippen molar-refractivity contribution in [3.8, 4) is 0 Å². The molecule has 0 unspecified atom stereocenters. The molecule has 2 amide bonds. The highest BCUT2D eigenvalue weighted by Crippen LogP contribution is 2.17. The van der Waals surface area contributed by atoms with Gasteiger partial charge in [0.15, 0.2) is 0 Å². The Morgan fingerprint density at radius 1 is 1.17 bits per heavy atom. The lowest BCUT2D eigenvalue weighted by molar-refractivity contribution is 0.0635. The molecule has 23 heavy (non-hydrogen) atoms. The number of nitrogens with zero attached hydrogens (tertiary/aromatic N) is 2. The summed E-state index contributed by atoms with van der Waals surface area (Å²) in [4.78, 5) is 23.9. The van der Waals surface area contributed by atoms with Gasteiger partial charge >= 0.3 is 6.09 Å². The van der Waals surface area contributed by atoms with Gasteiger partial charge in [0.05, 0.1) is 0 Å². The third-order valence-corrected chi connectivity index (χ3v) is 3.27. The Morgan fingerprint density at radius 2 is 1.91 bits per heavy atom. The Balaban J connectivity index is 2.04. The first-order chi connectivity index (χ1) is 10.7. The van der Waals surface area contributed by atoms with Crippen LogP contribution in [0.1, 0.15) is 36.1 Å². The first-order valence-electron chi connectivity index (χ1n) is 6.94. The molecule has 0 saturated carbocycles. The number of aromatic nitrogens is 2. The Hall–Kier alpha value is -2.48. The molecular weight excluding hydrogens is 316 g/mol. The highest BCUT2D eigenvalue weighted by atomic mass is 32.1. The van der Waals surface area contributed by atoms with Gasteiger partial charge in [-0.15, -0.1) is 10.2 Å². The van der Waals surface area contributed by atoms with E-state index >= 15 is 0 Å². The average Bonchev–Trinajstić information content (AvgIpc) is 2.82. The van der Waals surface area contributed by atoms with Crippen LogP contribution in [0.4, 0.5) is 15.6 Å². The van der Waals surface area contributed by atoms with E-state index in [-0.39, 0.29) is 5.91 Å².